The largest absolute Gasteiger partial charge is 0.872 e. The maximum atomic E-state index is 12.2. The average Bonchev–Trinajstić information content (AvgIpc) is 2.64. The Kier molecular flexibility index (Phi) is 7.37. The lowest BCUT2D eigenvalue weighted by molar-refractivity contribution is -0.828. The molecule has 2 aromatic rings. The molecule has 6 nitrogen and oxygen atoms in total. The number of hydrazone groups is 1. The molecule has 0 unspecified atom stereocenters. The van der Waals surface area contributed by atoms with Gasteiger partial charge in [-0.2, -0.15) is 5.10 Å². The van der Waals surface area contributed by atoms with Crippen LogP contribution in [0.2, 0.25) is 0 Å². The number of nitrogens with one attached hydrogen (secondary N) is 2. The molecule has 1 amide bonds. The van der Waals surface area contributed by atoms with Crippen LogP contribution < -0.4 is 20.2 Å². The first-order valence-electron chi connectivity index (χ1n) is 9.13. The first-order chi connectivity index (χ1) is 13.0. The molecule has 144 valence electrons. The molecule has 27 heavy (non-hydrogen) atoms. The van der Waals surface area contributed by atoms with Gasteiger partial charge in [-0.15, -0.1) is 0 Å². The molecule has 6 heteroatoms. The van der Waals surface area contributed by atoms with E-state index in [-0.39, 0.29) is 18.3 Å². The van der Waals surface area contributed by atoms with Crippen molar-refractivity contribution in [1.29, 1.82) is 0 Å². The van der Waals surface area contributed by atoms with E-state index in [4.69, 9.17) is 4.74 Å². The van der Waals surface area contributed by atoms with Crippen molar-refractivity contribution in [2.45, 2.75) is 27.7 Å². The molecule has 2 N–H and O–H groups in total. The zero-order chi connectivity index (χ0) is 19.8. The van der Waals surface area contributed by atoms with E-state index in [0.717, 1.165) is 29.9 Å². The molecule has 2 rings (SSSR count). The Morgan fingerprint density at radius 2 is 1.85 bits per heavy atom. The van der Waals surface area contributed by atoms with Gasteiger partial charge in [-0.3, -0.25) is 4.79 Å². The monoisotopic (exact) mass is 369 g/mol. The lowest BCUT2D eigenvalue weighted by Gasteiger charge is -2.18. The Labute approximate surface area is 160 Å². The van der Waals surface area contributed by atoms with Crippen molar-refractivity contribution < 1.29 is 19.5 Å². The number of para-hydroxylation sites is 1. The molecular formula is C21H27N3O3. The minimum Gasteiger partial charge on any atom is -0.872 e. The fourth-order valence-corrected chi connectivity index (χ4v) is 2.89. The molecule has 0 aliphatic rings. The Hall–Kier alpha value is -2.86. The Balaban J connectivity index is 1.92. The highest BCUT2D eigenvalue weighted by molar-refractivity contribution is 5.85. The summed E-state index contributed by atoms with van der Waals surface area (Å²) in [5.41, 5.74) is 5.73. The van der Waals surface area contributed by atoms with Crippen molar-refractivity contribution in [3.05, 3.63) is 53.1 Å². The van der Waals surface area contributed by atoms with Crippen LogP contribution in [-0.2, 0) is 4.79 Å². The average molecular weight is 369 g/mol. The van der Waals surface area contributed by atoms with Crippen molar-refractivity contribution in [2.75, 3.05) is 19.7 Å². The van der Waals surface area contributed by atoms with Crippen molar-refractivity contribution >= 4 is 17.8 Å². The topological polar surface area (TPSA) is 78.2 Å². The maximum absolute atomic E-state index is 12.2. The second-order valence-corrected chi connectivity index (χ2v) is 6.37. The first kappa shape index (κ1) is 20.5. The van der Waals surface area contributed by atoms with Crippen LogP contribution in [0.3, 0.4) is 0 Å². The molecule has 0 heterocycles. The number of benzene rings is 2. The fraction of sp³-hybridized carbons (Fsp3) is 0.333. The summed E-state index contributed by atoms with van der Waals surface area (Å²) in [6, 6.07) is 11.1. The summed E-state index contributed by atoms with van der Waals surface area (Å²) >= 11 is 0. The van der Waals surface area contributed by atoms with Gasteiger partial charge in [0, 0.05) is 0 Å². The van der Waals surface area contributed by atoms with E-state index in [1.807, 2.05) is 38.1 Å². The van der Waals surface area contributed by atoms with Crippen molar-refractivity contribution in [3.8, 4) is 11.5 Å². The summed E-state index contributed by atoms with van der Waals surface area (Å²) in [4.78, 5) is 13.1. The van der Waals surface area contributed by atoms with Gasteiger partial charge < -0.3 is 14.7 Å². The highest BCUT2D eigenvalue weighted by Crippen LogP contribution is 2.22. The molecule has 0 aliphatic heterocycles. The van der Waals surface area contributed by atoms with Gasteiger partial charge in [-0.05, 0) is 62.6 Å². The number of aryl methyl sites for hydroxylation is 2. The predicted molar refractivity (Wildman–Crippen MR) is 105 cm³/mol. The van der Waals surface area contributed by atoms with Crippen LogP contribution in [0.15, 0.2) is 41.5 Å². The minimum absolute atomic E-state index is 0.114. The van der Waals surface area contributed by atoms with E-state index in [0.29, 0.717) is 11.3 Å². The third-order valence-corrected chi connectivity index (χ3v) is 4.42. The normalized spacial score (nSPS) is 11.1. The van der Waals surface area contributed by atoms with Gasteiger partial charge in [-0.25, -0.2) is 5.43 Å². The number of hydrogen-bond donors (Lipinski definition) is 2. The van der Waals surface area contributed by atoms with Gasteiger partial charge >= 0.3 is 0 Å². The van der Waals surface area contributed by atoms with Crippen LogP contribution in [0.1, 0.15) is 30.5 Å². The number of carbonyl (C=O) groups excluding carboxylic acids is 1. The van der Waals surface area contributed by atoms with Gasteiger partial charge in [0.15, 0.2) is 6.61 Å². The van der Waals surface area contributed by atoms with Crippen LogP contribution in [0.5, 0.6) is 11.5 Å². The van der Waals surface area contributed by atoms with Gasteiger partial charge in [0.05, 0.1) is 19.3 Å². The number of ether oxygens (including phenoxy) is 1. The Bertz CT molecular complexity index is 794. The van der Waals surface area contributed by atoms with Gasteiger partial charge in [0.2, 0.25) is 0 Å². The van der Waals surface area contributed by atoms with Gasteiger partial charge in [0.25, 0.3) is 5.91 Å². The van der Waals surface area contributed by atoms with Crippen LogP contribution >= 0.6 is 0 Å². The molecule has 0 aliphatic carbocycles. The highest BCUT2D eigenvalue weighted by atomic mass is 16.5. The maximum Gasteiger partial charge on any atom is 0.277 e. The van der Waals surface area contributed by atoms with Gasteiger partial charge in [0.1, 0.15) is 11.4 Å². The third-order valence-electron chi connectivity index (χ3n) is 4.42. The number of amides is 1. The fourth-order valence-electron chi connectivity index (χ4n) is 2.89. The van der Waals surface area contributed by atoms with Crippen molar-refractivity contribution in [1.82, 2.24) is 5.43 Å². The van der Waals surface area contributed by atoms with E-state index < -0.39 is 0 Å². The number of hydrogen-bond acceptors (Lipinski definition) is 4. The second-order valence-electron chi connectivity index (χ2n) is 6.37. The summed E-state index contributed by atoms with van der Waals surface area (Å²) in [7, 11) is 0. The zero-order valence-electron chi connectivity index (χ0n) is 16.3. The molecule has 0 saturated heterocycles. The molecule has 0 fully saturated rings. The Morgan fingerprint density at radius 3 is 2.44 bits per heavy atom. The lowest BCUT2D eigenvalue weighted by Crippen LogP contribution is -3.06. The van der Waals surface area contributed by atoms with E-state index in [1.165, 1.54) is 11.1 Å². The van der Waals surface area contributed by atoms with Crippen molar-refractivity contribution in [3.63, 3.8) is 0 Å². The third kappa shape index (κ3) is 5.56. The van der Waals surface area contributed by atoms with Crippen molar-refractivity contribution in [2.24, 2.45) is 5.10 Å². The molecule has 0 saturated carbocycles. The second kappa shape index (κ2) is 9.73. The van der Waals surface area contributed by atoms with E-state index in [2.05, 4.69) is 24.4 Å². The van der Waals surface area contributed by atoms with Crippen LogP contribution in [0.25, 0.3) is 0 Å². The summed E-state index contributed by atoms with van der Waals surface area (Å²) < 4.78 is 5.57. The summed E-state index contributed by atoms with van der Waals surface area (Å²) in [6.45, 7) is 9.70. The summed E-state index contributed by atoms with van der Waals surface area (Å²) in [5, 5.41) is 16.1. The van der Waals surface area contributed by atoms with E-state index in [1.54, 1.807) is 12.1 Å². The quantitative estimate of drug-likeness (QED) is 0.546. The summed E-state index contributed by atoms with van der Waals surface area (Å²) in [5.74, 6) is 0.204. The molecule has 0 atom stereocenters. The van der Waals surface area contributed by atoms with Crippen LogP contribution in [-0.4, -0.2) is 31.8 Å². The minimum atomic E-state index is -0.384. The van der Waals surface area contributed by atoms with E-state index in [9.17, 15) is 9.90 Å². The molecule has 0 aromatic heterocycles. The summed E-state index contributed by atoms with van der Waals surface area (Å²) in [6.07, 6.45) is 1.36. The molecular weight excluding hydrogens is 342 g/mol. The lowest BCUT2D eigenvalue weighted by atomic mass is 10.1. The zero-order valence-corrected chi connectivity index (χ0v) is 16.3. The molecule has 2 aromatic carbocycles. The first-order valence-corrected chi connectivity index (χ1v) is 9.13. The van der Waals surface area contributed by atoms with Gasteiger partial charge in [-0.1, -0.05) is 23.9 Å². The highest BCUT2D eigenvalue weighted by Gasteiger charge is 2.08. The number of quaternary nitrogens is 1. The number of carbonyl (C=O) groups is 1. The van der Waals surface area contributed by atoms with Crippen LogP contribution in [0.4, 0.5) is 5.69 Å². The Morgan fingerprint density at radius 1 is 1.19 bits per heavy atom. The van der Waals surface area contributed by atoms with E-state index >= 15 is 0 Å². The van der Waals surface area contributed by atoms with Crippen LogP contribution in [0, 0.1) is 13.8 Å². The molecule has 0 spiro atoms. The standard InChI is InChI=1S/C21H27N3O3/c1-5-24(6-2)18-11-10-17(19(25)12-18)13-22-23-20(26)14-27-21-15(3)8-7-9-16(21)4/h7-13,25H,5-6,14H2,1-4H3,(H,23,26)/b22-13+. The number of rotatable bonds is 8. The number of nitrogens with zero attached hydrogens (tertiary/aromatic N) is 1. The molecule has 0 bridgehead atoms. The smallest absolute Gasteiger partial charge is 0.277 e. The molecule has 0 radical (unpaired) electrons. The SMILES string of the molecule is CC[NH+](CC)c1ccc(/C=N/NC(=O)COc2c(C)cccc2C)c([O-])c1. The predicted octanol–water partition coefficient (Wildman–Crippen LogP) is 1.46.